The van der Waals surface area contributed by atoms with Crippen molar-refractivity contribution in [3.63, 3.8) is 0 Å². The molecule has 1 N–H and O–H groups in total. The normalized spacial score (nSPS) is 11.9. The Morgan fingerprint density at radius 2 is 1.94 bits per heavy atom. The molecule has 31 heavy (non-hydrogen) atoms. The number of H-pyrrole nitrogens is 1. The lowest BCUT2D eigenvalue weighted by molar-refractivity contribution is -0.136. The van der Waals surface area contributed by atoms with E-state index in [4.69, 9.17) is 12.2 Å². The summed E-state index contributed by atoms with van der Waals surface area (Å²) >= 11 is 5.31. The minimum Gasteiger partial charge on any atom is -0.298 e. The molecule has 0 saturated carbocycles. The van der Waals surface area contributed by atoms with E-state index in [9.17, 15) is 18.0 Å². The van der Waals surface area contributed by atoms with Gasteiger partial charge in [-0.2, -0.15) is 18.3 Å². The number of alkyl halides is 3. The number of nitrogens with one attached hydrogen (secondary N) is 1. The maximum Gasteiger partial charge on any atom is 0.417 e. The van der Waals surface area contributed by atoms with Crippen LogP contribution in [0.3, 0.4) is 0 Å². The molecule has 1 aromatic carbocycles. The Hall–Kier alpha value is -3.27. The van der Waals surface area contributed by atoms with Crippen molar-refractivity contribution < 1.29 is 13.2 Å². The van der Waals surface area contributed by atoms with E-state index in [0.29, 0.717) is 23.5 Å². The molecule has 0 aliphatic carbocycles. The second kappa shape index (κ2) is 7.45. The van der Waals surface area contributed by atoms with E-state index in [1.165, 1.54) is 10.8 Å². The molecule has 3 aromatic heterocycles. The van der Waals surface area contributed by atoms with E-state index in [1.54, 1.807) is 29.8 Å². The highest BCUT2D eigenvalue weighted by Crippen LogP contribution is 2.36. The number of aromatic nitrogens is 5. The SMILES string of the molecule is CCn1ncc(-c2cc(C(F)(F)F)c3c(=O)[nH]c(=S)n(-c4cccc(C)c4)c3n2)c1C. The van der Waals surface area contributed by atoms with Gasteiger partial charge in [0.15, 0.2) is 10.4 Å². The molecule has 0 aliphatic heterocycles. The average molecular weight is 445 g/mol. The summed E-state index contributed by atoms with van der Waals surface area (Å²) in [5, 5.41) is 3.65. The topological polar surface area (TPSA) is 68.5 Å². The number of hydrogen-bond donors (Lipinski definition) is 1. The van der Waals surface area contributed by atoms with Gasteiger partial charge in [-0.1, -0.05) is 12.1 Å². The Kier molecular flexibility index (Phi) is 5.04. The zero-order valence-corrected chi connectivity index (χ0v) is 17.7. The average Bonchev–Trinajstić information content (AvgIpc) is 3.07. The Morgan fingerprint density at radius 1 is 1.19 bits per heavy atom. The largest absolute Gasteiger partial charge is 0.417 e. The van der Waals surface area contributed by atoms with Crippen molar-refractivity contribution in [2.45, 2.75) is 33.5 Å². The molecule has 0 atom stereocenters. The molecule has 0 bridgehead atoms. The lowest BCUT2D eigenvalue weighted by Crippen LogP contribution is -2.20. The zero-order chi connectivity index (χ0) is 22.5. The Bertz CT molecular complexity index is 1430. The van der Waals surface area contributed by atoms with Gasteiger partial charge in [0.25, 0.3) is 5.56 Å². The van der Waals surface area contributed by atoms with Crippen LogP contribution in [0.2, 0.25) is 0 Å². The van der Waals surface area contributed by atoms with Crippen molar-refractivity contribution in [1.29, 1.82) is 0 Å². The van der Waals surface area contributed by atoms with Gasteiger partial charge in [0.1, 0.15) is 0 Å². The minimum atomic E-state index is -4.77. The highest BCUT2D eigenvalue weighted by Gasteiger charge is 2.36. The third-order valence-electron chi connectivity index (χ3n) is 5.11. The number of fused-ring (bicyclic) bond motifs is 1. The van der Waals surface area contributed by atoms with Crippen LogP contribution in [0.25, 0.3) is 28.0 Å². The van der Waals surface area contributed by atoms with Crippen molar-refractivity contribution in [1.82, 2.24) is 24.3 Å². The molecule has 6 nitrogen and oxygen atoms in total. The lowest BCUT2D eigenvalue weighted by Gasteiger charge is -2.16. The second-order valence-electron chi connectivity index (χ2n) is 7.14. The number of hydrogen-bond acceptors (Lipinski definition) is 4. The smallest absolute Gasteiger partial charge is 0.298 e. The summed E-state index contributed by atoms with van der Waals surface area (Å²) in [7, 11) is 0. The van der Waals surface area contributed by atoms with Gasteiger partial charge in [-0.15, -0.1) is 0 Å². The van der Waals surface area contributed by atoms with Crippen molar-refractivity contribution in [2.75, 3.05) is 0 Å². The zero-order valence-electron chi connectivity index (χ0n) is 16.9. The Morgan fingerprint density at radius 3 is 2.55 bits per heavy atom. The van der Waals surface area contributed by atoms with Crippen molar-refractivity contribution in [2.24, 2.45) is 0 Å². The standard InChI is InChI=1S/C21H18F3N5OS/c1-4-28-12(3)14(10-25-28)16-9-15(21(22,23)24)17-18(26-16)29(20(31)27-19(17)30)13-7-5-6-11(2)8-13/h5-10H,4H2,1-3H3,(H,27,30,31). The summed E-state index contributed by atoms with van der Waals surface area (Å²) in [5.74, 6) is 0. The fourth-order valence-electron chi connectivity index (χ4n) is 3.61. The highest BCUT2D eigenvalue weighted by molar-refractivity contribution is 7.71. The van der Waals surface area contributed by atoms with E-state index in [0.717, 1.165) is 11.6 Å². The molecule has 0 fully saturated rings. The van der Waals surface area contributed by atoms with Crippen molar-refractivity contribution in [3.05, 3.63) is 68.5 Å². The van der Waals surface area contributed by atoms with Gasteiger partial charge < -0.3 is 0 Å². The molecular weight excluding hydrogens is 427 g/mol. The predicted octanol–water partition coefficient (Wildman–Crippen LogP) is 4.96. The molecule has 0 aliphatic rings. The summed E-state index contributed by atoms with van der Waals surface area (Å²) < 4.78 is 45.1. The second-order valence-corrected chi connectivity index (χ2v) is 7.53. The third kappa shape index (κ3) is 3.56. The van der Waals surface area contributed by atoms with Crippen LogP contribution in [-0.4, -0.2) is 24.3 Å². The summed E-state index contributed by atoms with van der Waals surface area (Å²) in [6, 6.07) is 7.96. The maximum atomic E-state index is 14.0. The van der Waals surface area contributed by atoms with Gasteiger partial charge in [-0.25, -0.2) is 4.98 Å². The molecule has 0 amide bonds. The minimum absolute atomic E-state index is 0.0400. The quantitative estimate of drug-likeness (QED) is 0.453. The van der Waals surface area contributed by atoms with Gasteiger partial charge >= 0.3 is 6.18 Å². The lowest BCUT2D eigenvalue weighted by atomic mass is 10.1. The number of nitrogens with zero attached hydrogens (tertiary/aromatic N) is 4. The molecule has 3 heterocycles. The first-order valence-corrected chi connectivity index (χ1v) is 9.89. The van der Waals surface area contributed by atoms with Crippen LogP contribution < -0.4 is 5.56 Å². The number of rotatable bonds is 3. The van der Waals surface area contributed by atoms with Crippen LogP contribution in [-0.2, 0) is 12.7 Å². The number of benzene rings is 1. The van der Waals surface area contributed by atoms with E-state index < -0.39 is 22.7 Å². The van der Waals surface area contributed by atoms with Gasteiger partial charge in [-0.05, 0) is 56.8 Å². The highest BCUT2D eigenvalue weighted by atomic mass is 32.1. The van der Waals surface area contributed by atoms with Crippen molar-refractivity contribution in [3.8, 4) is 16.9 Å². The Labute approximate surface area is 180 Å². The first-order chi connectivity index (χ1) is 14.6. The van der Waals surface area contributed by atoms with Crippen LogP contribution >= 0.6 is 12.2 Å². The molecule has 10 heteroatoms. The summed E-state index contributed by atoms with van der Waals surface area (Å²) in [6.45, 7) is 6.05. The summed E-state index contributed by atoms with van der Waals surface area (Å²) in [4.78, 5) is 19.4. The number of aryl methyl sites for hydroxylation is 2. The third-order valence-corrected chi connectivity index (χ3v) is 5.39. The van der Waals surface area contributed by atoms with Gasteiger partial charge in [0, 0.05) is 17.8 Å². The van der Waals surface area contributed by atoms with E-state index >= 15 is 0 Å². The van der Waals surface area contributed by atoms with Crippen molar-refractivity contribution >= 4 is 23.3 Å². The van der Waals surface area contributed by atoms with Gasteiger partial charge in [0.2, 0.25) is 0 Å². The van der Waals surface area contributed by atoms with Gasteiger partial charge in [-0.3, -0.25) is 19.0 Å². The summed E-state index contributed by atoms with van der Waals surface area (Å²) in [6.07, 6.45) is -3.29. The fourth-order valence-corrected chi connectivity index (χ4v) is 3.90. The van der Waals surface area contributed by atoms with Gasteiger partial charge in [0.05, 0.1) is 28.5 Å². The maximum absolute atomic E-state index is 14.0. The molecule has 160 valence electrons. The molecular formula is C21H18F3N5OS. The van der Waals surface area contributed by atoms with Crippen LogP contribution in [0.1, 0.15) is 23.7 Å². The predicted molar refractivity (Wildman–Crippen MR) is 114 cm³/mol. The first-order valence-electron chi connectivity index (χ1n) is 9.49. The number of aromatic amines is 1. The molecule has 0 unspecified atom stereocenters. The molecule has 0 saturated heterocycles. The van der Waals surface area contributed by atoms with Crippen LogP contribution in [0.4, 0.5) is 13.2 Å². The molecule has 4 aromatic rings. The fraction of sp³-hybridized carbons (Fsp3) is 0.238. The summed E-state index contributed by atoms with van der Waals surface area (Å²) in [5.41, 5.74) is 0.414. The van der Waals surface area contributed by atoms with Crippen LogP contribution in [0.5, 0.6) is 0 Å². The number of halogens is 3. The van der Waals surface area contributed by atoms with Crippen LogP contribution in [0, 0.1) is 18.6 Å². The monoisotopic (exact) mass is 445 g/mol. The molecule has 0 radical (unpaired) electrons. The molecule has 4 rings (SSSR count). The van der Waals surface area contributed by atoms with Crippen LogP contribution in [0.15, 0.2) is 41.3 Å². The van der Waals surface area contributed by atoms with E-state index in [-0.39, 0.29) is 16.1 Å². The van der Waals surface area contributed by atoms with E-state index in [1.807, 2.05) is 19.9 Å². The van der Waals surface area contributed by atoms with E-state index in [2.05, 4.69) is 15.1 Å². The first kappa shape index (κ1) is 21.0. The molecule has 0 spiro atoms. The number of pyridine rings is 1. The Balaban J connectivity index is 2.19.